The van der Waals surface area contributed by atoms with Gasteiger partial charge in [-0.25, -0.2) is 17.8 Å². The zero-order valence-corrected chi connectivity index (χ0v) is 19.2. The molecule has 5 rings (SSSR count). The van der Waals surface area contributed by atoms with Gasteiger partial charge >= 0.3 is 0 Å². The van der Waals surface area contributed by atoms with Crippen LogP contribution in [-0.4, -0.2) is 24.3 Å². The fourth-order valence-corrected chi connectivity index (χ4v) is 5.15. The van der Waals surface area contributed by atoms with Crippen molar-refractivity contribution < 1.29 is 17.6 Å². The van der Waals surface area contributed by atoms with Gasteiger partial charge in [0.15, 0.2) is 9.84 Å². The van der Waals surface area contributed by atoms with Gasteiger partial charge in [-0.3, -0.25) is 4.79 Å². The number of hydrogen-bond donors (Lipinski definition) is 2. The number of nitrogens with one attached hydrogen (secondary N) is 2. The minimum absolute atomic E-state index is 0.207. The number of hydrogen-bond acceptors (Lipinski definition) is 4. The quantitative estimate of drug-likeness (QED) is 0.328. The van der Waals surface area contributed by atoms with Gasteiger partial charge in [-0.05, 0) is 60.2 Å². The summed E-state index contributed by atoms with van der Waals surface area (Å²) in [6.07, 6.45) is 0. The first-order valence-corrected chi connectivity index (χ1v) is 12.5. The average Bonchev–Trinajstić information content (AvgIpc) is 3.28. The molecule has 0 aliphatic carbocycles. The summed E-state index contributed by atoms with van der Waals surface area (Å²) in [6.45, 7) is 0. The van der Waals surface area contributed by atoms with Gasteiger partial charge in [0.1, 0.15) is 11.6 Å². The summed E-state index contributed by atoms with van der Waals surface area (Å²) >= 11 is 0. The van der Waals surface area contributed by atoms with Gasteiger partial charge < -0.3 is 10.3 Å². The second-order valence-corrected chi connectivity index (χ2v) is 10.0. The van der Waals surface area contributed by atoms with E-state index in [0.717, 1.165) is 0 Å². The van der Waals surface area contributed by atoms with Gasteiger partial charge in [0.2, 0.25) is 0 Å². The highest BCUT2D eigenvalue weighted by atomic mass is 32.2. The van der Waals surface area contributed by atoms with Crippen LogP contribution in [0.5, 0.6) is 0 Å². The molecule has 0 unspecified atom stereocenters. The molecule has 4 aromatic carbocycles. The van der Waals surface area contributed by atoms with Crippen molar-refractivity contribution in [1.82, 2.24) is 9.97 Å². The molecule has 0 atom stereocenters. The van der Waals surface area contributed by atoms with E-state index in [1.807, 2.05) is 0 Å². The molecule has 8 heteroatoms. The van der Waals surface area contributed by atoms with Crippen LogP contribution < -0.4 is 5.32 Å². The summed E-state index contributed by atoms with van der Waals surface area (Å²) in [6, 6.07) is 26.1. The van der Waals surface area contributed by atoms with Gasteiger partial charge in [-0.15, -0.1) is 0 Å². The van der Waals surface area contributed by atoms with Crippen molar-refractivity contribution in [2.24, 2.45) is 0 Å². The molecule has 6 nitrogen and oxygen atoms in total. The van der Waals surface area contributed by atoms with Gasteiger partial charge in [0.25, 0.3) is 5.91 Å². The van der Waals surface area contributed by atoms with Crippen LogP contribution in [-0.2, 0) is 15.6 Å². The highest BCUT2D eigenvalue weighted by Gasteiger charge is 2.16. The Morgan fingerprint density at radius 2 is 1.69 bits per heavy atom. The molecule has 0 saturated carbocycles. The van der Waals surface area contributed by atoms with E-state index in [-0.39, 0.29) is 22.4 Å². The number of fused-ring (bicyclic) bond motifs is 1. The topological polar surface area (TPSA) is 91.9 Å². The van der Waals surface area contributed by atoms with E-state index in [1.165, 1.54) is 12.1 Å². The number of halogens is 1. The minimum Gasteiger partial charge on any atom is -0.338 e. The Kier molecular flexibility index (Phi) is 5.88. The Labute approximate surface area is 201 Å². The van der Waals surface area contributed by atoms with E-state index in [4.69, 9.17) is 0 Å². The zero-order chi connectivity index (χ0) is 24.4. The van der Waals surface area contributed by atoms with Crippen LogP contribution in [0, 0.1) is 5.82 Å². The molecule has 1 amide bonds. The molecule has 0 saturated heterocycles. The maximum absolute atomic E-state index is 13.6. The maximum Gasteiger partial charge on any atom is 0.255 e. The third-order valence-corrected chi connectivity index (χ3v) is 7.19. The molecule has 1 heterocycles. The number of nitrogens with zero attached hydrogens (tertiary/aromatic N) is 1. The summed E-state index contributed by atoms with van der Waals surface area (Å²) in [4.78, 5) is 20.7. The molecule has 0 aliphatic heterocycles. The average molecular weight is 486 g/mol. The Bertz CT molecular complexity index is 1650. The number of rotatable bonds is 6. The molecule has 1 aromatic heterocycles. The highest BCUT2D eigenvalue weighted by molar-refractivity contribution is 7.90. The molecule has 0 fully saturated rings. The number of H-pyrrole nitrogens is 1. The van der Waals surface area contributed by atoms with Crippen molar-refractivity contribution in [3.63, 3.8) is 0 Å². The van der Waals surface area contributed by atoms with Crippen LogP contribution in [0.2, 0.25) is 0 Å². The fraction of sp³-hybridized carbons (Fsp3) is 0.0370. The lowest BCUT2D eigenvalue weighted by Crippen LogP contribution is -2.13. The maximum atomic E-state index is 13.6. The third-order valence-electron chi connectivity index (χ3n) is 5.49. The second-order valence-electron chi connectivity index (χ2n) is 8.05. The van der Waals surface area contributed by atoms with Gasteiger partial charge in [0, 0.05) is 16.8 Å². The molecular formula is C27H20FN3O3S. The molecule has 0 bridgehead atoms. The highest BCUT2D eigenvalue weighted by Crippen LogP contribution is 2.24. The molecule has 0 radical (unpaired) electrons. The van der Waals surface area contributed by atoms with Crippen LogP contribution in [0.1, 0.15) is 15.9 Å². The number of carbonyl (C=O) groups is 1. The summed E-state index contributed by atoms with van der Waals surface area (Å²) in [5.41, 5.74) is 3.38. The summed E-state index contributed by atoms with van der Waals surface area (Å²) in [7, 11) is -3.53. The molecular weight excluding hydrogens is 465 g/mol. The lowest BCUT2D eigenvalue weighted by atomic mass is 10.1. The van der Waals surface area contributed by atoms with Crippen molar-refractivity contribution in [2.45, 2.75) is 10.6 Å². The number of imidazole rings is 1. The van der Waals surface area contributed by atoms with E-state index >= 15 is 0 Å². The number of anilines is 1. The first kappa shape index (κ1) is 22.5. The third kappa shape index (κ3) is 4.97. The lowest BCUT2D eigenvalue weighted by molar-refractivity contribution is 0.102. The van der Waals surface area contributed by atoms with Gasteiger partial charge in [0.05, 0.1) is 21.7 Å². The van der Waals surface area contributed by atoms with Crippen molar-refractivity contribution in [3.8, 4) is 11.4 Å². The second kappa shape index (κ2) is 9.15. The Hall–Kier alpha value is -4.30. The fourth-order valence-electron chi connectivity index (χ4n) is 3.80. The first-order valence-electron chi connectivity index (χ1n) is 10.8. The standard InChI is InChI=1S/C27H20FN3O3S/c28-21-9-5-7-19(15-21)26-30-24-13-12-22(16-25(24)31-26)29-27(32)20-8-4-6-18(14-20)17-35(33,34)23-10-2-1-3-11-23/h1-16H,17H2,(H,29,32)(H,30,31). The zero-order valence-electron chi connectivity index (χ0n) is 18.4. The number of carbonyl (C=O) groups excluding carboxylic acids is 1. The van der Waals surface area contributed by atoms with Crippen LogP contribution in [0.4, 0.5) is 10.1 Å². The normalized spacial score (nSPS) is 11.5. The van der Waals surface area contributed by atoms with E-state index < -0.39 is 9.84 Å². The minimum atomic E-state index is -3.53. The van der Waals surface area contributed by atoms with Crippen molar-refractivity contribution in [1.29, 1.82) is 0 Å². The summed E-state index contributed by atoms with van der Waals surface area (Å²) < 4.78 is 38.9. The van der Waals surface area contributed by atoms with E-state index in [0.29, 0.717) is 39.2 Å². The SMILES string of the molecule is O=C(Nc1ccc2nc(-c3cccc(F)c3)[nH]c2c1)c1cccc(CS(=O)(=O)c2ccccc2)c1. The summed E-state index contributed by atoms with van der Waals surface area (Å²) in [5.74, 6) is -0.403. The number of amides is 1. The molecule has 0 spiro atoms. The Balaban J connectivity index is 1.34. The van der Waals surface area contributed by atoms with Crippen molar-refractivity contribution in [2.75, 3.05) is 5.32 Å². The molecule has 0 aliphatic rings. The Morgan fingerprint density at radius 3 is 2.49 bits per heavy atom. The lowest BCUT2D eigenvalue weighted by Gasteiger charge is -2.08. The number of benzene rings is 4. The smallest absolute Gasteiger partial charge is 0.255 e. The molecule has 2 N–H and O–H groups in total. The first-order chi connectivity index (χ1) is 16.9. The number of aromatic nitrogens is 2. The Morgan fingerprint density at radius 1 is 0.886 bits per heavy atom. The van der Waals surface area contributed by atoms with E-state index in [9.17, 15) is 17.6 Å². The summed E-state index contributed by atoms with van der Waals surface area (Å²) in [5, 5.41) is 2.83. The van der Waals surface area contributed by atoms with E-state index in [1.54, 1.807) is 84.9 Å². The predicted molar refractivity (Wildman–Crippen MR) is 133 cm³/mol. The van der Waals surface area contributed by atoms with Crippen LogP contribution >= 0.6 is 0 Å². The van der Waals surface area contributed by atoms with Crippen LogP contribution in [0.15, 0.2) is 102 Å². The monoisotopic (exact) mass is 485 g/mol. The van der Waals surface area contributed by atoms with Gasteiger partial charge in [-0.1, -0.05) is 42.5 Å². The largest absolute Gasteiger partial charge is 0.338 e. The molecule has 35 heavy (non-hydrogen) atoms. The van der Waals surface area contributed by atoms with Crippen LogP contribution in [0.25, 0.3) is 22.4 Å². The van der Waals surface area contributed by atoms with E-state index in [2.05, 4.69) is 15.3 Å². The molecule has 5 aromatic rings. The number of aromatic amines is 1. The number of sulfone groups is 1. The van der Waals surface area contributed by atoms with Crippen molar-refractivity contribution in [3.05, 3.63) is 114 Å². The molecule has 174 valence electrons. The van der Waals surface area contributed by atoms with Crippen LogP contribution in [0.3, 0.4) is 0 Å². The van der Waals surface area contributed by atoms with Gasteiger partial charge in [-0.2, -0.15) is 0 Å². The predicted octanol–water partition coefficient (Wildman–Crippen LogP) is 5.60. The van der Waals surface area contributed by atoms with Crippen molar-refractivity contribution >= 4 is 32.5 Å².